The lowest BCUT2D eigenvalue weighted by atomic mass is 10.2. The maximum absolute atomic E-state index is 11.5. The average molecular weight is 289 g/mol. The number of hydrogen-bond acceptors (Lipinski definition) is 5. The van der Waals surface area contributed by atoms with Gasteiger partial charge in [0, 0.05) is 6.20 Å². The first-order valence-electron chi connectivity index (χ1n) is 5.78. The molecule has 1 aromatic carbocycles. The highest BCUT2D eigenvalue weighted by atomic mass is 35.5. The fourth-order valence-corrected chi connectivity index (χ4v) is 1.91. The van der Waals surface area contributed by atoms with Gasteiger partial charge in [-0.15, -0.1) is 0 Å². The summed E-state index contributed by atoms with van der Waals surface area (Å²) in [4.78, 5) is 19.8. The predicted octanol–water partition coefficient (Wildman–Crippen LogP) is 3.33. The monoisotopic (exact) mass is 288 g/mol. The van der Waals surface area contributed by atoms with Crippen LogP contribution in [0.15, 0.2) is 40.9 Å². The van der Waals surface area contributed by atoms with E-state index in [4.69, 9.17) is 16.0 Å². The number of pyridine rings is 1. The Hall–Kier alpha value is -2.40. The van der Waals surface area contributed by atoms with Gasteiger partial charge in [-0.2, -0.15) is 0 Å². The Balaban J connectivity index is 2.06. The fourth-order valence-electron chi connectivity index (χ4n) is 1.80. The van der Waals surface area contributed by atoms with Crippen LogP contribution >= 0.6 is 11.6 Å². The molecule has 3 rings (SSSR count). The molecule has 0 fully saturated rings. The molecule has 0 atom stereocenters. The molecular formula is C14H9ClN2O3. The maximum atomic E-state index is 11.5. The predicted molar refractivity (Wildman–Crippen MR) is 73.6 cm³/mol. The van der Waals surface area contributed by atoms with Gasteiger partial charge < -0.3 is 9.15 Å². The number of halogens is 1. The average Bonchev–Trinajstić information content (AvgIpc) is 2.90. The molecule has 0 spiro atoms. The minimum Gasteiger partial charge on any atom is -0.465 e. The van der Waals surface area contributed by atoms with Crippen LogP contribution in [0.25, 0.3) is 22.6 Å². The van der Waals surface area contributed by atoms with Crippen LogP contribution in [0.1, 0.15) is 10.4 Å². The van der Waals surface area contributed by atoms with Gasteiger partial charge in [0.1, 0.15) is 10.7 Å². The van der Waals surface area contributed by atoms with Gasteiger partial charge in [0.2, 0.25) is 5.89 Å². The summed E-state index contributed by atoms with van der Waals surface area (Å²) in [7, 11) is 1.33. The highest BCUT2D eigenvalue weighted by Crippen LogP contribution is 2.25. The van der Waals surface area contributed by atoms with Gasteiger partial charge in [0.25, 0.3) is 0 Å². The molecule has 0 bridgehead atoms. The van der Waals surface area contributed by atoms with Crippen LogP contribution in [-0.4, -0.2) is 23.0 Å². The lowest BCUT2D eigenvalue weighted by Gasteiger charge is -1.96. The van der Waals surface area contributed by atoms with Crippen molar-refractivity contribution in [2.75, 3.05) is 7.11 Å². The highest BCUT2D eigenvalue weighted by Gasteiger charge is 2.12. The van der Waals surface area contributed by atoms with Crippen molar-refractivity contribution in [1.82, 2.24) is 9.97 Å². The number of rotatable bonds is 2. The summed E-state index contributed by atoms with van der Waals surface area (Å²) in [6.07, 6.45) is 1.58. The van der Waals surface area contributed by atoms with Crippen molar-refractivity contribution in [3.05, 3.63) is 47.2 Å². The first kappa shape index (κ1) is 12.6. The Bertz CT molecular complexity index is 781. The highest BCUT2D eigenvalue weighted by molar-refractivity contribution is 6.29. The molecule has 0 radical (unpaired) electrons. The smallest absolute Gasteiger partial charge is 0.337 e. The van der Waals surface area contributed by atoms with Crippen molar-refractivity contribution in [2.45, 2.75) is 0 Å². The van der Waals surface area contributed by atoms with Crippen LogP contribution in [0, 0.1) is 0 Å². The summed E-state index contributed by atoms with van der Waals surface area (Å²) < 4.78 is 10.3. The Kier molecular flexibility index (Phi) is 3.12. The van der Waals surface area contributed by atoms with E-state index in [1.165, 1.54) is 7.11 Å². The van der Waals surface area contributed by atoms with Gasteiger partial charge in [-0.25, -0.2) is 14.8 Å². The molecule has 3 aromatic rings. The largest absolute Gasteiger partial charge is 0.465 e. The third-order valence-corrected chi connectivity index (χ3v) is 3.01. The zero-order valence-corrected chi connectivity index (χ0v) is 11.2. The Labute approximate surface area is 119 Å². The lowest BCUT2D eigenvalue weighted by Crippen LogP contribution is -2.00. The molecule has 2 aromatic heterocycles. The van der Waals surface area contributed by atoms with Crippen LogP contribution in [0.3, 0.4) is 0 Å². The van der Waals surface area contributed by atoms with Crippen molar-refractivity contribution < 1.29 is 13.9 Å². The van der Waals surface area contributed by atoms with E-state index < -0.39 is 5.97 Å². The number of carbonyl (C=O) groups is 1. The molecule has 0 saturated heterocycles. The first-order valence-corrected chi connectivity index (χ1v) is 6.16. The summed E-state index contributed by atoms with van der Waals surface area (Å²) in [6, 6.07) is 8.37. The molecule has 0 amide bonds. The zero-order chi connectivity index (χ0) is 14.1. The summed E-state index contributed by atoms with van der Waals surface area (Å²) in [5.74, 6) is 0.00388. The number of oxazole rings is 1. The molecular weight excluding hydrogens is 280 g/mol. The topological polar surface area (TPSA) is 65.2 Å². The second kappa shape index (κ2) is 4.94. The number of hydrogen-bond donors (Lipinski definition) is 0. The molecule has 0 aliphatic rings. The SMILES string of the molecule is COC(=O)c1ccc2nc(-c3ccc(Cl)nc3)oc2c1. The van der Waals surface area contributed by atoms with Crippen molar-refractivity contribution in [2.24, 2.45) is 0 Å². The van der Waals surface area contributed by atoms with Gasteiger partial charge in [-0.3, -0.25) is 0 Å². The fraction of sp³-hybridized carbons (Fsp3) is 0.0714. The first-order chi connectivity index (χ1) is 9.67. The molecule has 0 saturated carbocycles. The van der Waals surface area contributed by atoms with E-state index in [0.29, 0.717) is 33.3 Å². The van der Waals surface area contributed by atoms with E-state index in [1.54, 1.807) is 36.5 Å². The molecule has 0 aliphatic carbocycles. The number of aromatic nitrogens is 2. The second-order valence-corrected chi connectivity index (χ2v) is 4.45. The van der Waals surface area contributed by atoms with Crippen molar-refractivity contribution in [3.8, 4) is 11.5 Å². The normalized spacial score (nSPS) is 10.7. The second-order valence-electron chi connectivity index (χ2n) is 4.06. The van der Waals surface area contributed by atoms with E-state index >= 15 is 0 Å². The van der Waals surface area contributed by atoms with Crippen LogP contribution in [-0.2, 0) is 4.74 Å². The van der Waals surface area contributed by atoms with E-state index in [0.717, 1.165) is 0 Å². The molecule has 20 heavy (non-hydrogen) atoms. The van der Waals surface area contributed by atoms with Crippen LogP contribution < -0.4 is 0 Å². The van der Waals surface area contributed by atoms with E-state index in [9.17, 15) is 4.79 Å². The zero-order valence-electron chi connectivity index (χ0n) is 10.5. The molecule has 100 valence electrons. The van der Waals surface area contributed by atoms with Gasteiger partial charge >= 0.3 is 5.97 Å². The summed E-state index contributed by atoms with van der Waals surface area (Å²) in [5.41, 5.74) is 2.29. The van der Waals surface area contributed by atoms with Gasteiger partial charge in [0.15, 0.2) is 5.58 Å². The van der Waals surface area contributed by atoms with E-state index in [2.05, 4.69) is 14.7 Å². The van der Waals surface area contributed by atoms with Gasteiger partial charge in [-0.1, -0.05) is 11.6 Å². The number of esters is 1. The molecule has 5 nitrogen and oxygen atoms in total. The third kappa shape index (κ3) is 2.23. The third-order valence-electron chi connectivity index (χ3n) is 2.78. The molecule has 2 heterocycles. The maximum Gasteiger partial charge on any atom is 0.337 e. The number of nitrogens with zero attached hydrogens (tertiary/aromatic N) is 2. The standard InChI is InChI=1S/C14H9ClN2O3/c1-19-14(18)8-2-4-10-11(6-8)20-13(17-10)9-3-5-12(15)16-7-9/h2-7H,1H3. The number of carbonyl (C=O) groups excluding carboxylic acids is 1. The number of fused-ring (bicyclic) bond motifs is 1. The lowest BCUT2D eigenvalue weighted by molar-refractivity contribution is 0.0601. The summed E-state index contributed by atoms with van der Waals surface area (Å²) in [6.45, 7) is 0. The summed E-state index contributed by atoms with van der Waals surface area (Å²) >= 11 is 5.74. The van der Waals surface area contributed by atoms with Crippen LogP contribution in [0.4, 0.5) is 0 Å². The summed E-state index contributed by atoms with van der Waals surface area (Å²) in [5, 5.41) is 0.401. The quantitative estimate of drug-likeness (QED) is 0.534. The Morgan fingerprint density at radius 1 is 1.30 bits per heavy atom. The Morgan fingerprint density at radius 2 is 2.15 bits per heavy atom. The van der Waals surface area contributed by atoms with Crippen molar-refractivity contribution >= 4 is 28.7 Å². The number of benzene rings is 1. The Morgan fingerprint density at radius 3 is 2.85 bits per heavy atom. The van der Waals surface area contributed by atoms with Crippen molar-refractivity contribution in [3.63, 3.8) is 0 Å². The van der Waals surface area contributed by atoms with E-state index in [1.807, 2.05) is 0 Å². The molecule has 0 unspecified atom stereocenters. The van der Waals surface area contributed by atoms with E-state index in [-0.39, 0.29) is 0 Å². The minimum absolute atomic E-state index is 0.401. The van der Waals surface area contributed by atoms with Crippen molar-refractivity contribution in [1.29, 1.82) is 0 Å². The van der Waals surface area contributed by atoms with Crippen LogP contribution in [0.2, 0.25) is 5.15 Å². The molecule has 0 N–H and O–H groups in total. The van der Waals surface area contributed by atoms with Gasteiger partial charge in [0.05, 0.1) is 18.2 Å². The van der Waals surface area contributed by atoms with Crippen LogP contribution in [0.5, 0.6) is 0 Å². The molecule has 0 aliphatic heterocycles. The minimum atomic E-state index is -0.419. The molecule has 6 heteroatoms. The number of ether oxygens (including phenoxy) is 1. The number of methoxy groups -OCH3 is 1. The van der Waals surface area contributed by atoms with Gasteiger partial charge in [-0.05, 0) is 30.3 Å².